The average molecular weight is 327 g/mol. The first-order valence-electron chi connectivity index (χ1n) is 7.93. The Kier molecular flexibility index (Phi) is 3.06. The zero-order chi connectivity index (χ0) is 16.6. The molecule has 120 valence electrons. The second-order valence-corrected chi connectivity index (χ2v) is 5.82. The lowest BCUT2D eigenvalue weighted by Crippen LogP contribution is -1.99. The van der Waals surface area contributed by atoms with Gasteiger partial charge in [-0.25, -0.2) is 15.0 Å². The molecule has 0 N–H and O–H groups in total. The number of fused-ring (bicyclic) bond motifs is 2. The maximum atomic E-state index is 5.54. The molecule has 6 nitrogen and oxygen atoms in total. The molecular formula is C19H13N5O. The van der Waals surface area contributed by atoms with E-state index in [-0.39, 0.29) is 0 Å². The van der Waals surface area contributed by atoms with Crippen molar-refractivity contribution in [2.45, 2.75) is 6.54 Å². The predicted molar refractivity (Wildman–Crippen MR) is 93.9 cm³/mol. The summed E-state index contributed by atoms with van der Waals surface area (Å²) in [4.78, 5) is 12.7. The van der Waals surface area contributed by atoms with Crippen LogP contribution in [0.3, 0.4) is 0 Å². The quantitative estimate of drug-likeness (QED) is 0.505. The topological polar surface area (TPSA) is 69.6 Å². The van der Waals surface area contributed by atoms with Crippen molar-refractivity contribution >= 4 is 22.1 Å². The highest BCUT2D eigenvalue weighted by atomic mass is 16.5. The van der Waals surface area contributed by atoms with Gasteiger partial charge in [0.1, 0.15) is 5.69 Å². The van der Waals surface area contributed by atoms with Crippen LogP contribution < -0.4 is 0 Å². The van der Waals surface area contributed by atoms with Gasteiger partial charge in [-0.05, 0) is 16.8 Å². The summed E-state index contributed by atoms with van der Waals surface area (Å²) in [6.07, 6.45) is 5.01. The lowest BCUT2D eigenvalue weighted by Gasteiger charge is -2.00. The van der Waals surface area contributed by atoms with Crippen LogP contribution in [0.25, 0.3) is 33.4 Å². The van der Waals surface area contributed by atoms with Crippen LogP contribution in [0.1, 0.15) is 5.69 Å². The molecule has 0 saturated heterocycles. The molecule has 0 radical (unpaired) electrons. The summed E-state index contributed by atoms with van der Waals surface area (Å²) < 4.78 is 7.45. The number of rotatable bonds is 3. The lowest BCUT2D eigenvalue weighted by atomic mass is 10.1. The van der Waals surface area contributed by atoms with Gasteiger partial charge in [0.15, 0.2) is 17.1 Å². The van der Waals surface area contributed by atoms with Crippen LogP contribution >= 0.6 is 0 Å². The van der Waals surface area contributed by atoms with Crippen LogP contribution in [0.15, 0.2) is 71.8 Å². The number of benzene rings is 2. The van der Waals surface area contributed by atoms with Crippen molar-refractivity contribution in [1.82, 2.24) is 24.7 Å². The second kappa shape index (κ2) is 5.52. The Morgan fingerprint density at radius 1 is 0.880 bits per heavy atom. The van der Waals surface area contributed by atoms with Crippen LogP contribution in [0.4, 0.5) is 0 Å². The summed E-state index contributed by atoms with van der Waals surface area (Å²) in [6.45, 7) is 0.534. The zero-order valence-electron chi connectivity index (χ0n) is 13.2. The third-order valence-electron chi connectivity index (χ3n) is 4.18. The number of nitrogens with zero attached hydrogens (tertiary/aromatic N) is 5. The molecule has 3 heterocycles. The summed E-state index contributed by atoms with van der Waals surface area (Å²) in [5.41, 5.74) is 3.18. The second-order valence-electron chi connectivity index (χ2n) is 5.82. The van der Waals surface area contributed by atoms with E-state index in [2.05, 4.69) is 44.4 Å². The lowest BCUT2D eigenvalue weighted by molar-refractivity contribution is 0.421. The fourth-order valence-corrected chi connectivity index (χ4v) is 2.95. The van der Waals surface area contributed by atoms with E-state index < -0.39 is 0 Å². The third kappa shape index (κ3) is 2.44. The molecule has 0 amide bonds. The fourth-order valence-electron chi connectivity index (χ4n) is 2.95. The molecule has 0 aliphatic rings. The summed E-state index contributed by atoms with van der Waals surface area (Å²) >= 11 is 0. The molecule has 0 spiro atoms. The Bertz CT molecular complexity index is 1190. The maximum Gasteiger partial charge on any atom is 0.197 e. The summed E-state index contributed by atoms with van der Waals surface area (Å²) in [5.74, 6) is 0.747. The molecule has 0 unspecified atom stereocenters. The highest BCUT2D eigenvalue weighted by molar-refractivity contribution is 5.86. The van der Waals surface area contributed by atoms with E-state index in [9.17, 15) is 0 Å². The number of aromatic nitrogens is 5. The number of imidazole rings is 1. The molecule has 0 atom stereocenters. The van der Waals surface area contributed by atoms with Crippen molar-refractivity contribution < 1.29 is 4.52 Å². The molecule has 5 aromatic rings. The van der Waals surface area contributed by atoms with Crippen LogP contribution in [0.5, 0.6) is 0 Å². The largest absolute Gasteiger partial charge is 0.356 e. The van der Waals surface area contributed by atoms with E-state index in [1.54, 1.807) is 18.7 Å². The van der Waals surface area contributed by atoms with Crippen LogP contribution in [0, 0.1) is 0 Å². The van der Waals surface area contributed by atoms with Crippen molar-refractivity contribution in [1.29, 1.82) is 0 Å². The van der Waals surface area contributed by atoms with Gasteiger partial charge in [-0.1, -0.05) is 41.6 Å². The van der Waals surface area contributed by atoms with E-state index in [0.717, 1.165) is 22.7 Å². The minimum atomic E-state index is 0.534. The van der Waals surface area contributed by atoms with Gasteiger partial charge in [0, 0.05) is 24.0 Å². The normalized spacial score (nSPS) is 11.4. The van der Waals surface area contributed by atoms with Gasteiger partial charge in [0.2, 0.25) is 0 Å². The molecule has 0 aliphatic heterocycles. The Morgan fingerprint density at radius 2 is 1.76 bits per heavy atom. The SMILES string of the molecule is c1ccc2cc(-c3cc(Cn4cnc5nccnc54)no3)ccc2c1. The Balaban J connectivity index is 1.48. The smallest absolute Gasteiger partial charge is 0.197 e. The van der Waals surface area contributed by atoms with Crippen molar-refractivity contribution in [3.05, 3.63) is 72.9 Å². The highest BCUT2D eigenvalue weighted by Gasteiger charge is 2.10. The minimum absolute atomic E-state index is 0.534. The first-order chi connectivity index (χ1) is 12.4. The van der Waals surface area contributed by atoms with Crippen molar-refractivity contribution in [3.63, 3.8) is 0 Å². The van der Waals surface area contributed by atoms with Crippen molar-refractivity contribution in [3.8, 4) is 11.3 Å². The van der Waals surface area contributed by atoms with Gasteiger partial charge < -0.3 is 9.09 Å². The first kappa shape index (κ1) is 13.9. The third-order valence-corrected chi connectivity index (χ3v) is 4.18. The Labute approximate surface area is 142 Å². The van der Waals surface area contributed by atoms with Crippen molar-refractivity contribution in [2.24, 2.45) is 0 Å². The fraction of sp³-hybridized carbons (Fsp3) is 0.0526. The average Bonchev–Trinajstić information content (AvgIpc) is 3.29. The molecule has 6 heteroatoms. The Morgan fingerprint density at radius 3 is 2.72 bits per heavy atom. The molecule has 3 aromatic heterocycles. The van der Waals surface area contributed by atoms with Crippen LogP contribution in [0.2, 0.25) is 0 Å². The van der Waals surface area contributed by atoms with Crippen LogP contribution in [-0.4, -0.2) is 24.7 Å². The molecule has 0 saturated carbocycles. The molecule has 5 rings (SSSR count). The van der Waals surface area contributed by atoms with Gasteiger partial charge in [0.05, 0.1) is 12.9 Å². The van der Waals surface area contributed by atoms with Gasteiger partial charge in [-0.15, -0.1) is 0 Å². The summed E-state index contributed by atoms with van der Waals surface area (Å²) in [5, 5.41) is 6.56. The van der Waals surface area contributed by atoms with E-state index in [4.69, 9.17) is 4.52 Å². The zero-order valence-corrected chi connectivity index (χ0v) is 13.2. The first-order valence-corrected chi connectivity index (χ1v) is 7.93. The van der Waals surface area contributed by atoms with E-state index >= 15 is 0 Å². The van der Waals surface area contributed by atoms with Gasteiger partial charge >= 0.3 is 0 Å². The maximum absolute atomic E-state index is 5.54. The molecule has 0 fully saturated rings. The summed E-state index contributed by atoms with van der Waals surface area (Å²) in [6, 6.07) is 16.4. The van der Waals surface area contributed by atoms with E-state index in [1.165, 1.54) is 10.8 Å². The van der Waals surface area contributed by atoms with Gasteiger partial charge in [-0.2, -0.15) is 0 Å². The minimum Gasteiger partial charge on any atom is -0.356 e. The molecule has 2 aromatic carbocycles. The molecular weight excluding hydrogens is 314 g/mol. The van der Waals surface area contributed by atoms with Crippen LogP contribution in [-0.2, 0) is 6.54 Å². The summed E-state index contributed by atoms with van der Waals surface area (Å²) in [7, 11) is 0. The molecule has 0 aliphatic carbocycles. The van der Waals surface area contributed by atoms with Gasteiger partial charge in [-0.3, -0.25) is 0 Å². The number of hydrogen-bond donors (Lipinski definition) is 0. The van der Waals surface area contributed by atoms with E-state index in [1.807, 2.05) is 28.8 Å². The standard InChI is InChI=1S/C19H13N5O/c1-2-4-14-9-15(6-5-13(14)3-1)17-10-16(23-25-17)11-24-12-22-18-19(24)21-8-7-20-18/h1-10,12H,11H2. The molecule has 25 heavy (non-hydrogen) atoms. The predicted octanol–water partition coefficient (Wildman–Crippen LogP) is 3.68. The highest BCUT2D eigenvalue weighted by Crippen LogP contribution is 2.25. The van der Waals surface area contributed by atoms with Gasteiger partial charge in [0.25, 0.3) is 0 Å². The van der Waals surface area contributed by atoms with E-state index in [0.29, 0.717) is 12.2 Å². The molecule has 0 bridgehead atoms. The Hall–Kier alpha value is -3.54. The monoisotopic (exact) mass is 327 g/mol. The van der Waals surface area contributed by atoms with Crippen molar-refractivity contribution in [2.75, 3.05) is 0 Å². The number of hydrogen-bond acceptors (Lipinski definition) is 5.